The van der Waals surface area contributed by atoms with Gasteiger partial charge in [-0.2, -0.15) is 0 Å². The summed E-state index contributed by atoms with van der Waals surface area (Å²) in [5.74, 6) is 0.833. The fraction of sp³-hybridized carbons (Fsp3) is 0.933. The summed E-state index contributed by atoms with van der Waals surface area (Å²) in [7, 11) is 1.80. The van der Waals surface area contributed by atoms with Gasteiger partial charge in [-0.3, -0.25) is 9.89 Å². The molecule has 0 aromatic carbocycles. The highest BCUT2D eigenvalue weighted by molar-refractivity contribution is 14.0. The molecule has 1 aliphatic heterocycles. The zero-order valence-corrected chi connectivity index (χ0v) is 15.5. The summed E-state index contributed by atoms with van der Waals surface area (Å²) < 4.78 is 0. The van der Waals surface area contributed by atoms with Crippen LogP contribution in [0.5, 0.6) is 0 Å². The third-order valence-corrected chi connectivity index (χ3v) is 5.07. The van der Waals surface area contributed by atoms with Crippen LogP contribution in [-0.2, 0) is 0 Å². The molecule has 0 spiro atoms. The van der Waals surface area contributed by atoms with Gasteiger partial charge in [-0.15, -0.1) is 24.0 Å². The van der Waals surface area contributed by atoms with Gasteiger partial charge >= 0.3 is 0 Å². The molecule has 0 radical (unpaired) electrons. The molecule has 5 nitrogen and oxygen atoms in total. The SMILES string of the molecule is CN=C(NCC1(O)CCC1)NC1CC(C)N(C2CC2)C1.I. The van der Waals surface area contributed by atoms with Crippen LogP contribution in [0, 0.1) is 0 Å². The molecule has 2 aliphatic carbocycles. The maximum atomic E-state index is 10.1. The first-order chi connectivity index (χ1) is 9.59. The molecular formula is C15H29IN4O. The van der Waals surface area contributed by atoms with Crippen molar-refractivity contribution >= 4 is 29.9 Å². The summed E-state index contributed by atoms with van der Waals surface area (Å²) in [4.78, 5) is 6.92. The lowest BCUT2D eigenvalue weighted by Crippen LogP contribution is -2.52. The molecule has 122 valence electrons. The van der Waals surface area contributed by atoms with Crippen molar-refractivity contribution in [3.05, 3.63) is 0 Å². The van der Waals surface area contributed by atoms with E-state index in [1.54, 1.807) is 7.05 Å². The Morgan fingerprint density at radius 3 is 2.62 bits per heavy atom. The van der Waals surface area contributed by atoms with Gasteiger partial charge in [0.15, 0.2) is 5.96 Å². The molecule has 3 rings (SSSR count). The number of nitrogens with zero attached hydrogens (tertiary/aromatic N) is 2. The van der Waals surface area contributed by atoms with Crippen molar-refractivity contribution in [2.45, 2.75) is 69.2 Å². The number of guanidine groups is 1. The summed E-state index contributed by atoms with van der Waals surface area (Å²) in [6, 6.07) is 1.99. The minimum Gasteiger partial charge on any atom is -0.388 e. The summed E-state index contributed by atoms with van der Waals surface area (Å²) >= 11 is 0. The normalized spacial score (nSPS) is 32.2. The largest absolute Gasteiger partial charge is 0.388 e. The average molecular weight is 408 g/mol. The topological polar surface area (TPSA) is 59.9 Å². The second-order valence-electron chi connectivity index (χ2n) is 6.86. The highest BCUT2D eigenvalue weighted by atomic mass is 127. The highest BCUT2D eigenvalue weighted by Crippen LogP contribution is 2.33. The zero-order chi connectivity index (χ0) is 14.2. The van der Waals surface area contributed by atoms with Crippen molar-refractivity contribution in [3.8, 4) is 0 Å². The standard InChI is InChI=1S/C15H28N4O.HI/c1-11-8-12(9-19(11)13-4-5-13)18-14(16-2)17-10-15(20)6-3-7-15;/h11-13,20H,3-10H2,1-2H3,(H2,16,17,18);1H. The molecule has 21 heavy (non-hydrogen) atoms. The van der Waals surface area contributed by atoms with E-state index in [4.69, 9.17) is 0 Å². The molecule has 2 unspecified atom stereocenters. The van der Waals surface area contributed by atoms with Crippen LogP contribution in [0.4, 0.5) is 0 Å². The molecular weight excluding hydrogens is 379 g/mol. The second-order valence-corrected chi connectivity index (χ2v) is 6.86. The number of likely N-dealkylation sites (tertiary alicyclic amines) is 1. The molecule has 3 aliphatic rings. The van der Waals surface area contributed by atoms with E-state index in [2.05, 4.69) is 27.4 Å². The molecule has 6 heteroatoms. The number of aliphatic hydroxyl groups is 1. The third kappa shape index (κ3) is 4.22. The minimum atomic E-state index is -0.499. The lowest BCUT2D eigenvalue weighted by molar-refractivity contribution is -0.0279. The van der Waals surface area contributed by atoms with Crippen molar-refractivity contribution in [2.24, 2.45) is 4.99 Å². The molecule has 3 N–H and O–H groups in total. The number of nitrogens with one attached hydrogen (secondary N) is 2. The maximum Gasteiger partial charge on any atom is 0.191 e. The fourth-order valence-electron chi connectivity index (χ4n) is 3.47. The predicted molar refractivity (Wildman–Crippen MR) is 96.3 cm³/mol. The van der Waals surface area contributed by atoms with E-state index in [1.165, 1.54) is 19.3 Å². The van der Waals surface area contributed by atoms with Crippen LogP contribution in [0.2, 0.25) is 0 Å². The van der Waals surface area contributed by atoms with Crippen molar-refractivity contribution in [1.82, 2.24) is 15.5 Å². The van der Waals surface area contributed by atoms with Gasteiger partial charge in [0.05, 0.1) is 5.60 Å². The van der Waals surface area contributed by atoms with Crippen molar-refractivity contribution in [3.63, 3.8) is 0 Å². The molecule has 0 aromatic rings. The van der Waals surface area contributed by atoms with Crippen LogP contribution in [0.15, 0.2) is 4.99 Å². The fourth-order valence-corrected chi connectivity index (χ4v) is 3.47. The molecule has 1 heterocycles. The summed E-state index contributed by atoms with van der Waals surface area (Å²) in [6.07, 6.45) is 6.89. The lowest BCUT2D eigenvalue weighted by atomic mass is 9.80. The minimum absolute atomic E-state index is 0. The van der Waals surface area contributed by atoms with Crippen molar-refractivity contribution in [2.75, 3.05) is 20.1 Å². The Morgan fingerprint density at radius 1 is 1.38 bits per heavy atom. The second kappa shape index (κ2) is 7.00. The maximum absolute atomic E-state index is 10.1. The number of hydrogen-bond acceptors (Lipinski definition) is 3. The Hall–Kier alpha value is -0.0800. The Morgan fingerprint density at radius 2 is 2.10 bits per heavy atom. The monoisotopic (exact) mass is 408 g/mol. The first kappa shape index (κ1) is 17.3. The molecule has 2 saturated carbocycles. The van der Waals surface area contributed by atoms with E-state index < -0.39 is 5.60 Å². The summed E-state index contributed by atoms with van der Waals surface area (Å²) in [5, 5.41) is 16.9. The number of rotatable bonds is 4. The van der Waals surface area contributed by atoms with E-state index in [9.17, 15) is 5.11 Å². The molecule has 1 saturated heterocycles. The first-order valence-electron chi connectivity index (χ1n) is 8.05. The van der Waals surface area contributed by atoms with Crippen molar-refractivity contribution in [1.29, 1.82) is 0 Å². The van der Waals surface area contributed by atoms with E-state index in [0.29, 0.717) is 18.6 Å². The Labute approximate surface area is 145 Å². The third-order valence-electron chi connectivity index (χ3n) is 5.07. The van der Waals surface area contributed by atoms with Gasteiger partial charge in [0.25, 0.3) is 0 Å². The average Bonchev–Trinajstić information content (AvgIpc) is 3.17. The van der Waals surface area contributed by atoms with Crippen LogP contribution in [0.3, 0.4) is 0 Å². The van der Waals surface area contributed by atoms with E-state index >= 15 is 0 Å². The van der Waals surface area contributed by atoms with Gasteiger partial charge in [-0.1, -0.05) is 0 Å². The lowest BCUT2D eigenvalue weighted by Gasteiger charge is -2.37. The number of aliphatic imine (C=N–C) groups is 1. The number of hydrogen-bond donors (Lipinski definition) is 3. The molecule has 2 atom stereocenters. The van der Waals surface area contributed by atoms with Crippen molar-refractivity contribution < 1.29 is 5.11 Å². The summed E-state index contributed by atoms with van der Waals surface area (Å²) in [5.41, 5.74) is -0.499. The van der Waals surface area contributed by atoms with Crippen LogP contribution in [-0.4, -0.2) is 59.8 Å². The van der Waals surface area contributed by atoms with Gasteiger partial charge in [-0.05, 0) is 45.4 Å². The van der Waals surface area contributed by atoms with Gasteiger partial charge < -0.3 is 15.7 Å². The smallest absolute Gasteiger partial charge is 0.191 e. The quantitative estimate of drug-likeness (QED) is 0.373. The summed E-state index contributed by atoms with van der Waals surface area (Å²) in [6.45, 7) is 4.06. The first-order valence-corrected chi connectivity index (χ1v) is 8.05. The molecule has 0 bridgehead atoms. The van der Waals surface area contributed by atoms with Gasteiger partial charge in [0.2, 0.25) is 0 Å². The molecule has 3 fully saturated rings. The van der Waals surface area contributed by atoms with E-state index in [-0.39, 0.29) is 24.0 Å². The van der Waals surface area contributed by atoms with Crippen LogP contribution < -0.4 is 10.6 Å². The predicted octanol–water partition coefficient (Wildman–Crippen LogP) is 1.31. The Bertz CT molecular complexity index is 382. The van der Waals surface area contributed by atoms with Crippen LogP contribution in [0.1, 0.15) is 45.4 Å². The van der Waals surface area contributed by atoms with Crippen LogP contribution >= 0.6 is 24.0 Å². The van der Waals surface area contributed by atoms with E-state index in [1.807, 2.05) is 0 Å². The Kier molecular flexibility index (Phi) is 5.76. The highest BCUT2D eigenvalue weighted by Gasteiger charge is 2.39. The Balaban J connectivity index is 0.00000161. The molecule has 0 aromatic heterocycles. The van der Waals surface area contributed by atoms with Crippen LogP contribution in [0.25, 0.3) is 0 Å². The van der Waals surface area contributed by atoms with E-state index in [0.717, 1.165) is 37.8 Å². The molecule has 0 amide bonds. The van der Waals surface area contributed by atoms with Gasteiger partial charge in [0, 0.05) is 38.3 Å². The van der Waals surface area contributed by atoms with Gasteiger partial charge in [-0.25, -0.2) is 0 Å². The number of halogens is 1. The zero-order valence-electron chi connectivity index (χ0n) is 13.1. The van der Waals surface area contributed by atoms with Gasteiger partial charge in [0.1, 0.15) is 0 Å².